The van der Waals surface area contributed by atoms with E-state index < -0.39 is 0 Å². The Morgan fingerprint density at radius 3 is 2.74 bits per heavy atom. The number of nitrogens with one attached hydrogen (secondary N) is 2. The summed E-state index contributed by atoms with van der Waals surface area (Å²) in [6.45, 7) is 4.45. The average molecular weight is 269 g/mol. The van der Waals surface area contributed by atoms with Crippen molar-refractivity contribution in [2.45, 2.75) is 50.7 Å². The van der Waals surface area contributed by atoms with Crippen LogP contribution < -0.4 is 10.6 Å². The minimum absolute atomic E-state index is 0.168. The summed E-state index contributed by atoms with van der Waals surface area (Å²) in [5, 5.41) is 16.1. The van der Waals surface area contributed by atoms with Crippen molar-refractivity contribution >= 4 is 5.91 Å². The van der Waals surface area contributed by atoms with Crippen LogP contribution in [0.3, 0.4) is 0 Å². The molecule has 2 fully saturated rings. The summed E-state index contributed by atoms with van der Waals surface area (Å²) in [4.78, 5) is 13.7. The normalized spacial score (nSPS) is 21.5. The Morgan fingerprint density at radius 2 is 2.05 bits per heavy atom. The SMILES string of the molecule is O=C(CCCNCC(O)CN1CCCC1)NC1CC1. The van der Waals surface area contributed by atoms with Gasteiger partial charge < -0.3 is 20.6 Å². The van der Waals surface area contributed by atoms with Crippen molar-refractivity contribution < 1.29 is 9.90 Å². The number of hydrogen-bond acceptors (Lipinski definition) is 4. The molecule has 1 heterocycles. The van der Waals surface area contributed by atoms with Crippen LogP contribution in [0.5, 0.6) is 0 Å². The summed E-state index contributed by atoms with van der Waals surface area (Å²) in [6.07, 6.45) is 5.95. The van der Waals surface area contributed by atoms with Crippen LogP contribution in [-0.4, -0.2) is 60.8 Å². The van der Waals surface area contributed by atoms with Gasteiger partial charge in [0.2, 0.25) is 5.91 Å². The van der Waals surface area contributed by atoms with E-state index in [1.807, 2.05) is 0 Å². The molecule has 0 aromatic rings. The van der Waals surface area contributed by atoms with Crippen molar-refractivity contribution in [1.82, 2.24) is 15.5 Å². The predicted octanol–water partition coefficient (Wildman–Crippen LogP) is 0.0915. The molecule has 0 spiro atoms. The highest BCUT2D eigenvalue weighted by Crippen LogP contribution is 2.18. The topological polar surface area (TPSA) is 64.6 Å². The van der Waals surface area contributed by atoms with Crippen LogP contribution in [0.1, 0.15) is 38.5 Å². The Balaban J connectivity index is 1.41. The van der Waals surface area contributed by atoms with E-state index in [4.69, 9.17) is 0 Å². The third-order valence-corrected chi connectivity index (χ3v) is 3.75. The van der Waals surface area contributed by atoms with Crippen molar-refractivity contribution in [2.24, 2.45) is 0 Å². The van der Waals surface area contributed by atoms with Gasteiger partial charge >= 0.3 is 0 Å². The van der Waals surface area contributed by atoms with Crippen LogP contribution in [0.4, 0.5) is 0 Å². The highest BCUT2D eigenvalue weighted by atomic mass is 16.3. The zero-order valence-corrected chi connectivity index (χ0v) is 11.7. The van der Waals surface area contributed by atoms with Crippen LogP contribution in [0.15, 0.2) is 0 Å². The molecule has 3 N–H and O–H groups in total. The zero-order chi connectivity index (χ0) is 13.5. The van der Waals surface area contributed by atoms with Crippen LogP contribution in [0.25, 0.3) is 0 Å². The molecule has 1 amide bonds. The van der Waals surface area contributed by atoms with E-state index in [9.17, 15) is 9.90 Å². The van der Waals surface area contributed by atoms with Crippen LogP contribution in [-0.2, 0) is 4.79 Å². The fourth-order valence-electron chi connectivity index (χ4n) is 2.50. The van der Waals surface area contributed by atoms with Gasteiger partial charge in [-0.3, -0.25) is 4.79 Å². The number of rotatable bonds is 9. The van der Waals surface area contributed by atoms with Gasteiger partial charge in [-0.2, -0.15) is 0 Å². The van der Waals surface area contributed by atoms with Gasteiger partial charge in [0.1, 0.15) is 0 Å². The lowest BCUT2D eigenvalue weighted by atomic mass is 10.2. The lowest BCUT2D eigenvalue weighted by Gasteiger charge is -2.19. The number of amides is 1. The number of hydrogen-bond donors (Lipinski definition) is 3. The Hall–Kier alpha value is -0.650. The third-order valence-electron chi connectivity index (χ3n) is 3.75. The van der Waals surface area contributed by atoms with Gasteiger partial charge in [0.15, 0.2) is 0 Å². The molecule has 1 aliphatic carbocycles. The summed E-state index contributed by atoms with van der Waals surface area (Å²) in [6, 6.07) is 0.461. The van der Waals surface area contributed by atoms with Gasteiger partial charge in [-0.15, -0.1) is 0 Å². The number of nitrogens with zero attached hydrogens (tertiary/aromatic N) is 1. The van der Waals surface area contributed by atoms with E-state index in [1.165, 1.54) is 12.8 Å². The molecule has 2 aliphatic rings. The van der Waals surface area contributed by atoms with Gasteiger partial charge in [0, 0.05) is 25.6 Å². The molecule has 0 radical (unpaired) electrons. The van der Waals surface area contributed by atoms with Crippen molar-refractivity contribution in [3.05, 3.63) is 0 Å². The van der Waals surface area contributed by atoms with Crippen LogP contribution >= 0.6 is 0 Å². The average Bonchev–Trinajstić information content (AvgIpc) is 3.03. The number of aliphatic hydroxyl groups excluding tert-OH is 1. The quantitative estimate of drug-likeness (QED) is 0.519. The Morgan fingerprint density at radius 1 is 1.32 bits per heavy atom. The van der Waals surface area contributed by atoms with E-state index in [2.05, 4.69) is 15.5 Å². The van der Waals surface area contributed by atoms with Crippen molar-refractivity contribution in [2.75, 3.05) is 32.7 Å². The molecular formula is C14H27N3O2. The zero-order valence-electron chi connectivity index (χ0n) is 11.7. The summed E-state index contributed by atoms with van der Waals surface area (Å²) >= 11 is 0. The molecule has 2 rings (SSSR count). The molecule has 1 aliphatic heterocycles. The molecule has 19 heavy (non-hydrogen) atoms. The number of β-amino-alcohol motifs (C(OH)–C–C–N with tert-alkyl or cyclic N) is 1. The number of likely N-dealkylation sites (tertiary alicyclic amines) is 1. The molecular weight excluding hydrogens is 242 g/mol. The molecule has 5 nitrogen and oxygen atoms in total. The molecule has 1 saturated heterocycles. The third kappa shape index (κ3) is 6.36. The Kier molecular flexibility index (Phi) is 6.07. The smallest absolute Gasteiger partial charge is 0.220 e. The molecule has 5 heteroatoms. The first-order valence-corrected chi connectivity index (χ1v) is 7.64. The fourth-order valence-corrected chi connectivity index (χ4v) is 2.50. The van der Waals surface area contributed by atoms with Gasteiger partial charge in [0.05, 0.1) is 6.10 Å². The van der Waals surface area contributed by atoms with E-state index in [0.717, 1.165) is 45.4 Å². The van der Waals surface area contributed by atoms with Crippen LogP contribution in [0, 0.1) is 0 Å². The number of carbonyl (C=O) groups is 1. The monoisotopic (exact) mass is 269 g/mol. The first-order valence-electron chi connectivity index (χ1n) is 7.64. The van der Waals surface area contributed by atoms with Crippen molar-refractivity contribution in [3.63, 3.8) is 0 Å². The lowest BCUT2D eigenvalue weighted by molar-refractivity contribution is -0.121. The Bertz CT molecular complexity index is 276. The minimum Gasteiger partial charge on any atom is -0.390 e. The summed E-state index contributed by atoms with van der Waals surface area (Å²) in [5.41, 5.74) is 0. The standard InChI is InChI=1S/C14H27N3O2/c18-13(11-17-8-1-2-9-17)10-15-7-3-4-14(19)16-12-5-6-12/h12-13,15,18H,1-11H2,(H,16,19). The van der Waals surface area contributed by atoms with Crippen molar-refractivity contribution in [3.8, 4) is 0 Å². The van der Waals surface area contributed by atoms with Gasteiger partial charge in [-0.05, 0) is 51.7 Å². The predicted molar refractivity (Wildman–Crippen MR) is 74.9 cm³/mol. The highest BCUT2D eigenvalue weighted by molar-refractivity contribution is 5.76. The van der Waals surface area contributed by atoms with E-state index >= 15 is 0 Å². The molecule has 0 aromatic carbocycles. The number of aliphatic hydroxyl groups is 1. The Labute approximate surface area is 115 Å². The molecule has 110 valence electrons. The maximum atomic E-state index is 11.4. The summed E-state index contributed by atoms with van der Waals surface area (Å²) < 4.78 is 0. The summed E-state index contributed by atoms with van der Waals surface area (Å²) in [7, 11) is 0. The number of carbonyl (C=O) groups excluding carboxylic acids is 1. The molecule has 1 unspecified atom stereocenters. The van der Waals surface area contributed by atoms with E-state index in [0.29, 0.717) is 19.0 Å². The second-order valence-corrected chi connectivity index (χ2v) is 5.81. The van der Waals surface area contributed by atoms with Gasteiger partial charge in [-0.25, -0.2) is 0 Å². The van der Waals surface area contributed by atoms with Gasteiger partial charge in [0.25, 0.3) is 0 Å². The summed E-state index contributed by atoms with van der Waals surface area (Å²) in [5.74, 6) is 0.168. The highest BCUT2D eigenvalue weighted by Gasteiger charge is 2.22. The van der Waals surface area contributed by atoms with Crippen LogP contribution in [0.2, 0.25) is 0 Å². The van der Waals surface area contributed by atoms with E-state index in [-0.39, 0.29) is 12.0 Å². The van der Waals surface area contributed by atoms with E-state index in [1.54, 1.807) is 0 Å². The molecule has 0 bridgehead atoms. The second kappa shape index (κ2) is 7.82. The first kappa shape index (κ1) is 14.8. The first-order chi connectivity index (χ1) is 9.24. The van der Waals surface area contributed by atoms with Crippen molar-refractivity contribution in [1.29, 1.82) is 0 Å². The lowest BCUT2D eigenvalue weighted by Crippen LogP contribution is -2.37. The largest absolute Gasteiger partial charge is 0.390 e. The maximum Gasteiger partial charge on any atom is 0.220 e. The fraction of sp³-hybridized carbons (Fsp3) is 0.929. The minimum atomic E-state index is -0.293. The maximum absolute atomic E-state index is 11.4. The molecule has 0 aromatic heterocycles. The molecule has 1 saturated carbocycles. The van der Waals surface area contributed by atoms with Gasteiger partial charge in [-0.1, -0.05) is 0 Å². The second-order valence-electron chi connectivity index (χ2n) is 5.81. The molecule has 1 atom stereocenters.